The Kier molecular flexibility index (Phi) is 3.44. The summed E-state index contributed by atoms with van der Waals surface area (Å²) in [6.07, 6.45) is 0. The van der Waals surface area contributed by atoms with E-state index in [4.69, 9.17) is 0 Å². The van der Waals surface area contributed by atoms with Gasteiger partial charge in [-0.15, -0.1) is 0 Å². The molecule has 5 rings (SSSR count). The monoisotopic (exact) mass is 292 g/mol. The van der Waals surface area contributed by atoms with Crippen molar-refractivity contribution < 1.29 is 0 Å². The van der Waals surface area contributed by atoms with Crippen LogP contribution in [0.5, 0.6) is 0 Å². The first-order valence-electron chi connectivity index (χ1n) is 7.74. The zero-order valence-corrected chi connectivity index (χ0v) is 12.8. The minimum absolute atomic E-state index is 1.07. The molecule has 5 aromatic rings. The molecule has 0 fully saturated rings. The molecule has 0 heteroatoms. The van der Waals surface area contributed by atoms with Crippen molar-refractivity contribution >= 4 is 32.3 Å². The third-order valence-electron chi connectivity index (χ3n) is 4.15. The molecule has 0 aliphatic carbocycles. The molecule has 0 bridgehead atoms. The summed E-state index contributed by atoms with van der Waals surface area (Å²) < 4.78 is 0. The summed E-state index contributed by atoms with van der Waals surface area (Å²) >= 11 is 0. The minimum Gasteiger partial charge on any atom is -0.0622 e. The average molecular weight is 292 g/mol. The summed E-state index contributed by atoms with van der Waals surface area (Å²) in [6, 6.07) is 32.5. The van der Waals surface area contributed by atoms with Gasteiger partial charge in [0.15, 0.2) is 0 Å². The fraction of sp³-hybridized carbons (Fsp3) is 0. The Bertz CT molecular complexity index is 929. The van der Waals surface area contributed by atoms with E-state index in [1.807, 2.05) is 36.4 Å². The van der Waals surface area contributed by atoms with Crippen LogP contribution in [0.2, 0.25) is 0 Å². The smallest absolute Gasteiger partial charge is 0.00206 e. The van der Waals surface area contributed by atoms with Gasteiger partial charge < -0.3 is 0 Å². The maximum Gasteiger partial charge on any atom is -0.00206 e. The first-order valence-corrected chi connectivity index (χ1v) is 7.74. The second kappa shape index (κ2) is 5.73. The van der Waals surface area contributed by atoms with Gasteiger partial charge in [-0.05, 0) is 50.9 Å². The molecule has 0 aliphatic rings. The number of benzene rings is 5. The highest BCUT2D eigenvalue weighted by molar-refractivity contribution is 6.22. The number of hydrogen-bond acceptors (Lipinski definition) is 0. The molecule has 0 amide bonds. The van der Waals surface area contributed by atoms with E-state index < -0.39 is 0 Å². The van der Waals surface area contributed by atoms with Crippen molar-refractivity contribution in [3.05, 3.63) is 103 Å². The highest BCUT2D eigenvalue weighted by atomic mass is 14.1. The minimum atomic E-state index is 1.07. The molecular formula is C23H16. The third-order valence-corrected chi connectivity index (χ3v) is 4.15. The van der Waals surface area contributed by atoms with Gasteiger partial charge in [-0.1, -0.05) is 84.9 Å². The molecule has 2 radical (unpaired) electrons. The van der Waals surface area contributed by atoms with Gasteiger partial charge in [-0.2, -0.15) is 0 Å². The van der Waals surface area contributed by atoms with Crippen LogP contribution in [0.15, 0.2) is 84.9 Å². The molecule has 0 N–H and O–H groups in total. The molecule has 0 aliphatic heterocycles. The van der Waals surface area contributed by atoms with E-state index in [2.05, 4.69) is 61.5 Å². The molecular weight excluding hydrogens is 276 g/mol. The van der Waals surface area contributed by atoms with Crippen LogP contribution < -0.4 is 0 Å². The number of hydrogen-bond donors (Lipinski definition) is 0. The quantitative estimate of drug-likeness (QED) is 0.296. The van der Waals surface area contributed by atoms with Gasteiger partial charge in [0.2, 0.25) is 0 Å². The summed E-state index contributed by atoms with van der Waals surface area (Å²) in [7, 11) is 0. The summed E-state index contributed by atoms with van der Waals surface area (Å²) in [6.45, 7) is 3.72. The Morgan fingerprint density at radius 3 is 1.87 bits per heavy atom. The Hall–Kier alpha value is -2.86. The lowest BCUT2D eigenvalue weighted by atomic mass is 9.95. The first-order chi connectivity index (χ1) is 11.3. The van der Waals surface area contributed by atoms with E-state index in [1.165, 1.54) is 32.3 Å². The van der Waals surface area contributed by atoms with Gasteiger partial charge in [0.25, 0.3) is 0 Å². The van der Waals surface area contributed by atoms with Gasteiger partial charge in [-0.3, -0.25) is 0 Å². The largest absolute Gasteiger partial charge is 0.0622 e. The lowest BCUT2D eigenvalue weighted by molar-refractivity contribution is 1.62. The van der Waals surface area contributed by atoms with Crippen LogP contribution in [-0.4, -0.2) is 0 Å². The van der Waals surface area contributed by atoms with Crippen molar-refractivity contribution in [2.45, 2.75) is 0 Å². The standard InChI is InChI=1S/C16H9.C7H7/c1-3-11-7-9-13-5-2-6-14-10-8-12(4-1)15(11)16(13)14;1-7-5-3-2-4-6-7/h1-5,7-10H;2-6H,1H2. The zero-order valence-electron chi connectivity index (χ0n) is 12.8. The van der Waals surface area contributed by atoms with Crippen molar-refractivity contribution in [1.82, 2.24) is 0 Å². The van der Waals surface area contributed by atoms with Crippen LogP contribution in [0.1, 0.15) is 5.56 Å². The predicted molar refractivity (Wildman–Crippen MR) is 99.9 cm³/mol. The van der Waals surface area contributed by atoms with Crippen LogP contribution in [0.4, 0.5) is 0 Å². The van der Waals surface area contributed by atoms with Gasteiger partial charge in [-0.25, -0.2) is 0 Å². The van der Waals surface area contributed by atoms with Crippen molar-refractivity contribution in [2.24, 2.45) is 0 Å². The SMILES string of the molecule is [CH2]c1ccccc1.[c]1ccc2ccc3cccc4ccc1c2c43. The molecule has 108 valence electrons. The first kappa shape index (κ1) is 13.8. The molecule has 23 heavy (non-hydrogen) atoms. The third kappa shape index (κ3) is 2.53. The fourth-order valence-electron chi connectivity index (χ4n) is 3.07. The van der Waals surface area contributed by atoms with Crippen LogP contribution in [0.25, 0.3) is 32.3 Å². The summed E-state index contributed by atoms with van der Waals surface area (Å²) in [5.41, 5.74) is 1.07. The Balaban J connectivity index is 0.000000164. The molecule has 5 aromatic carbocycles. The Labute approximate surface area is 136 Å². The van der Waals surface area contributed by atoms with E-state index in [1.54, 1.807) is 0 Å². The zero-order chi connectivity index (χ0) is 15.6. The van der Waals surface area contributed by atoms with Crippen LogP contribution >= 0.6 is 0 Å². The van der Waals surface area contributed by atoms with Crippen molar-refractivity contribution in [3.8, 4) is 0 Å². The van der Waals surface area contributed by atoms with Crippen molar-refractivity contribution in [3.63, 3.8) is 0 Å². The van der Waals surface area contributed by atoms with E-state index in [0.717, 1.165) is 5.56 Å². The van der Waals surface area contributed by atoms with E-state index in [0.29, 0.717) is 0 Å². The molecule has 0 heterocycles. The van der Waals surface area contributed by atoms with Gasteiger partial charge >= 0.3 is 0 Å². The maximum atomic E-state index is 3.72. The molecule has 0 spiro atoms. The molecule has 0 atom stereocenters. The van der Waals surface area contributed by atoms with E-state index in [-0.39, 0.29) is 0 Å². The Morgan fingerprint density at radius 1 is 0.565 bits per heavy atom. The molecule has 0 saturated heterocycles. The Morgan fingerprint density at radius 2 is 1.22 bits per heavy atom. The summed E-state index contributed by atoms with van der Waals surface area (Å²) in [4.78, 5) is 0. The highest BCUT2D eigenvalue weighted by Crippen LogP contribution is 2.33. The van der Waals surface area contributed by atoms with Gasteiger partial charge in [0.1, 0.15) is 0 Å². The normalized spacial score (nSPS) is 10.8. The predicted octanol–water partition coefficient (Wildman–Crippen LogP) is 6.25. The summed E-state index contributed by atoms with van der Waals surface area (Å²) in [5.74, 6) is 0. The second-order valence-electron chi connectivity index (χ2n) is 5.69. The fourth-order valence-corrected chi connectivity index (χ4v) is 3.07. The topological polar surface area (TPSA) is 0 Å². The lowest BCUT2D eigenvalue weighted by Crippen LogP contribution is -1.82. The van der Waals surface area contributed by atoms with E-state index in [9.17, 15) is 0 Å². The molecule has 0 nitrogen and oxygen atoms in total. The number of rotatable bonds is 0. The lowest BCUT2D eigenvalue weighted by Gasteiger charge is -2.09. The molecule has 0 saturated carbocycles. The average Bonchev–Trinajstić information content (AvgIpc) is 2.61. The van der Waals surface area contributed by atoms with Crippen LogP contribution in [0.3, 0.4) is 0 Å². The second-order valence-corrected chi connectivity index (χ2v) is 5.69. The van der Waals surface area contributed by atoms with Gasteiger partial charge in [0, 0.05) is 0 Å². The maximum absolute atomic E-state index is 3.72. The van der Waals surface area contributed by atoms with E-state index >= 15 is 0 Å². The molecule has 0 aromatic heterocycles. The summed E-state index contributed by atoms with van der Waals surface area (Å²) in [5, 5.41) is 7.86. The van der Waals surface area contributed by atoms with Crippen LogP contribution in [-0.2, 0) is 0 Å². The van der Waals surface area contributed by atoms with Crippen LogP contribution in [0, 0.1) is 13.0 Å². The highest BCUT2D eigenvalue weighted by Gasteiger charge is 2.06. The van der Waals surface area contributed by atoms with Crippen molar-refractivity contribution in [2.75, 3.05) is 0 Å². The molecule has 0 unspecified atom stereocenters. The van der Waals surface area contributed by atoms with Crippen molar-refractivity contribution in [1.29, 1.82) is 0 Å². The van der Waals surface area contributed by atoms with Gasteiger partial charge in [0.05, 0.1) is 0 Å².